The fraction of sp³-hybridized carbons (Fsp3) is 0.0769. The predicted octanol–water partition coefficient (Wildman–Crippen LogP) is 2.62. The number of nitrogens with zero attached hydrogens (tertiary/aromatic N) is 1. The van der Waals surface area contributed by atoms with Gasteiger partial charge in [-0.05, 0) is 18.2 Å². The molecular formula is C13H10ClFN2O2. The molecule has 0 radical (unpaired) electrons. The second kappa shape index (κ2) is 5.77. The van der Waals surface area contributed by atoms with Crippen molar-refractivity contribution in [2.45, 2.75) is 6.61 Å². The first kappa shape index (κ1) is 13.5. The van der Waals surface area contributed by atoms with Crippen molar-refractivity contribution in [3.63, 3.8) is 0 Å². The van der Waals surface area contributed by atoms with Crippen LogP contribution in [0.3, 0.4) is 0 Å². The molecule has 1 amide bonds. The van der Waals surface area contributed by atoms with Gasteiger partial charge < -0.3 is 10.4 Å². The minimum absolute atomic E-state index is 0.0129. The zero-order valence-electron chi connectivity index (χ0n) is 9.73. The highest BCUT2D eigenvalue weighted by molar-refractivity contribution is 6.34. The van der Waals surface area contributed by atoms with Crippen LogP contribution in [0.5, 0.6) is 0 Å². The third-order valence-corrected chi connectivity index (χ3v) is 2.80. The Hall–Kier alpha value is -1.98. The summed E-state index contributed by atoms with van der Waals surface area (Å²) in [5.41, 5.74) is 0.182. The molecule has 0 saturated heterocycles. The van der Waals surface area contributed by atoms with E-state index in [0.717, 1.165) is 6.07 Å². The number of aliphatic hydroxyl groups excluding tert-OH is 1. The molecule has 2 aromatic rings. The van der Waals surface area contributed by atoms with Gasteiger partial charge >= 0.3 is 0 Å². The molecule has 1 aromatic carbocycles. The standard InChI is InChI=1S/C13H10ClFN2O2/c14-9-4-1-5-10(15)11(9)13(19)17-12-8(7-18)3-2-6-16-12/h1-6,18H,7H2,(H,16,17,19). The smallest absolute Gasteiger partial charge is 0.261 e. The van der Waals surface area contributed by atoms with E-state index in [2.05, 4.69) is 10.3 Å². The van der Waals surface area contributed by atoms with Gasteiger partial charge in [0.15, 0.2) is 0 Å². The van der Waals surface area contributed by atoms with Crippen LogP contribution in [-0.4, -0.2) is 16.0 Å². The van der Waals surface area contributed by atoms with Crippen LogP contribution in [0, 0.1) is 5.82 Å². The summed E-state index contributed by atoms with van der Waals surface area (Å²) in [6, 6.07) is 7.20. The van der Waals surface area contributed by atoms with Crippen molar-refractivity contribution in [3.05, 3.63) is 58.5 Å². The van der Waals surface area contributed by atoms with E-state index >= 15 is 0 Å². The van der Waals surface area contributed by atoms with Crippen LogP contribution in [0.4, 0.5) is 10.2 Å². The lowest BCUT2D eigenvalue weighted by Crippen LogP contribution is -2.16. The number of nitrogens with one attached hydrogen (secondary N) is 1. The number of aliphatic hydroxyl groups is 1. The first-order valence-corrected chi connectivity index (χ1v) is 5.81. The van der Waals surface area contributed by atoms with Gasteiger partial charge in [-0.2, -0.15) is 0 Å². The van der Waals surface area contributed by atoms with E-state index in [0.29, 0.717) is 5.56 Å². The summed E-state index contributed by atoms with van der Waals surface area (Å²) in [7, 11) is 0. The van der Waals surface area contributed by atoms with Crippen LogP contribution in [0.15, 0.2) is 36.5 Å². The zero-order valence-corrected chi connectivity index (χ0v) is 10.5. The number of aromatic nitrogens is 1. The topological polar surface area (TPSA) is 62.2 Å². The highest BCUT2D eigenvalue weighted by Gasteiger charge is 2.17. The molecule has 0 unspecified atom stereocenters. The van der Waals surface area contributed by atoms with Gasteiger partial charge in [0.25, 0.3) is 5.91 Å². The maximum absolute atomic E-state index is 13.6. The highest BCUT2D eigenvalue weighted by Crippen LogP contribution is 2.21. The summed E-state index contributed by atoms with van der Waals surface area (Å²) in [6.45, 7) is -0.283. The van der Waals surface area contributed by atoms with Crippen LogP contribution in [-0.2, 0) is 6.61 Å². The summed E-state index contributed by atoms with van der Waals surface area (Å²) in [5, 5.41) is 11.6. The molecule has 2 N–H and O–H groups in total. The van der Waals surface area contributed by atoms with Gasteiger partial charge in [0, 0.05) is 11.8 Å². The quantitative estimate of drug-likeness (QED) is 0.908. The summed E-state index contributed by atoms with van der Waals surface area (Å²) in [4.78, 5) is 15.9. The van der Waals surface area contributed by atoms with Gasteiger partial charge in [-0.3, -0.25) is 4.79 Å². The zero-order chi connectivity index (χ0) is 13.8. The number of rotatable bonds is 3. The van der Waals surface area contributed by atoms with Crippen LogP contribution in [0.1, 0.15) is 15.9 Å². The molecule has 6 heteroatoms. The first-order valence-electron chi connectivity index (χ1n) is 5.43. The van der Waals surface area contributed by atoms with E-state index in [1.165, 1.54) is 18.3 Å². The number of amides is 1. The van der Waals surface area contributed by atoms with Crippen molar-refractivity contribution in [3.8, 4) is 0 Å². The number of hydrogen-bond acceptors (Lipinski definition) is 3. The number of pyridine rings is 1. The van der Waals surface area contributed by atoms with E-state index in [4.69, 9.17) is 16.7 Å². The lowest BCUT2D eigenvalue weighted by Gasteiger charge is -2.09. The number of hydrogen-bond donors (Lipinski definition) is 2. The monoisotopic (exact) mass is 280 g/mol. The molecule has 4 nitrogen and oxygen atoms in total. The largest absolute Gasteiger partial charge is 0.392 e. The normalized spacial score (nSPS) is 10.3. The molecule has 1 aromatic heterocycles. The average Bonchev–Trinajstić information content (AvgIpc) is 2.39. The van der Waals surface area contributed by atoms with Gasteiger partial charge in [0.1, 0.15) is 11.6 Å². The van der Waals surface area contributed by atoms with Crippen molar-refractivity contribution in [2.75, 3.05) is 5.32 Å². The summed E-state index contributed by atoms with van der Waals surface area (Å²) < 4.78 is 13.6. The van der Waals surface area contributed by atoms with Gasteiger partial charge in [0.2, 0.25) is 0 Å². The Balaban J connectivity index is 2.31. The minimum atomic E-state index is -0.716. The molecule has 0 spiro atoms. The van der Waals surface area contributed by atoms with Crippen LogP contribution in [0.25, 0.3) is 0 Å². The maximum Gasteiger partial charge on any atom is 0.261 e. The van der Waals surface area contributed by atoms with E-state index in [-0.39, 0.29) is 23.0 Å². The Morgan fingerprint density at radius 2 is 2.16 bits per heavy atom. The second-order valence-corrected chi connectivity index (χ2v) is 4.13. The van der Waals surface area contributed by atoms with E-state index in [1.807, 2.05) is 0 Å². The molecule has 0 aliphatic carbocycles. The second-order valence-electron chi connectivity index (χ2n) is 3.72. The van der Waals surface area contributed by atoms with Crippen molar-refractivity contribution < 1.29 is 14.3 Å². The molecule has 0 aliphatic heterocycles. The first-order chi connectivity index (χ1) is 9.13. The molecule has 1 heterocycles. The predicted molar refractivity (Wildman–Crippen MR) is 69.5 cm³/mol. The fourth-order valence-corrected chi connectivity index (χ4v) is 1.81. The van der Waals surface area contributed by atoms with Gasteiger partial charge in [-0.1, -0.05) is 23.7 Å². The van der Waals surface area contributed by atoms with Gasteiger partial charge in [-0.15, -0.1) is 0 Å². The molecule has 0 fully saturated rings. The summed E-state index contributed by atoms with van der Waals surface area (Å²) >= 11 is 5.79. The number of halogens is 2. The number of carbonyl (C=O) groups excluding carboxylic acids is 1. The SMILES string of the molecule is O=C(Nc1ncccc1CO)c1c(F)cccc1Cl. The van der Waals surface area contributed by atoms with Crippen molar-refractivity contribution in [1.82, 2.24) is 4.98 Å². The highest BCUT2D eigenvalue weighted by atomic mass is 35.5. The van der Waals surface area contributed by atoms with Crippen LogP contribution < -0.4 is 5.32 Å². The Bertz CT molecular complexity index is 599. The molecule has 0 bridgehead atoms. The van der Waals surface area contributed by atoms with Crippen molar-refractivity contribution >= 4 is 23.3 Å². The fourth-order valence-electron chi connectivity index (χ4n) is 1.56. The van der Waals surface area contributed by atoms with Crippen LogP contribution in [0.2, 0.25) is 5.02 Å². The van der Waals surface area contributed by atoms with Gasteiger partial charge in [0.05, 0.1) is 17.2 Å². The Morgan fingerprint density at radius 3 is 2.84 bits per heavy atom. The lowest BCUT2D eigenvalue weighted by atomic mass is 10.2. The molecule has 0 aliphatic rings. The molecule has 0 atom stereocenters. The van der Waals surface area contributed by atoms with E-state index < -0.39 is 11.7 Å². The van der Waals surface area contributed by atoms with Gasteiger partial charge in [-0.25, -0.2) is 9.37 Å². The third-order valence-electron chi connectivity index (χ3n) is 2.48. The molecule has 98 valence electrons. The van der Waals surface area contributed by atoms with Crippen molar-refractivity contribution in [2.24, 2.45) is 0 Å². The lowest BCUT2D eigenvalue weighted by molar-refractivity contribution is 0.102. The van der Waals surface area contributed by atoms with Crippen molar-refractivity contribution in [1.29, 1.82) is 0 Å². The number of benzene rings is 1. The molecular weight excluding hydrogens is 271 g/mol. The number of carbonyl (C=O) groups is 1. The Morgan fingerprint density at radius 1 is 1.37 bits per heavy atom. The minimum Gasteiger partial charge on any atom is -0.392 e. The summed E-state index contributed by atoms with van der Waals surface area (Å²) in [6.07, 6.45) is 1.46. The molecule has 2 rings (SSSR count). The average molecular weight is 281 g/mol. The van der Waals surface area contributed by atoms with E-state index in [9.17, 15) is 9.18 Å². The Labute approximate surface area is 113 Å². The van der Waals surface area contributed by atoms with E-state index in [1.54, 1.807) is 12.1 Å². The molecule has 19 heavy (non-hydrogen) atoms. The maximum atomic E-state index is 13.6. The number of anilines is 1. The summed E-state index contributed by atoms with van der Waals surface area (Å²) in [5.74, 6) is -1.25. The third kappa shape index (κ3) is 2.89. The molecule has 0 saturated carbocycles. The van der Waals surface area contributed by atoms with Crippen LogP contribution >= 0.6 is 11.6 Å². The Kier molecular flexibility index (Phi) is 4.09.